The minimum atomic E-state index is -0.306. The number of nitrogens with zero attached hydrogens (tertiary/aromatic N) is 3. The number of hydrogen-bond acceptors (Lipinski definition) is 4. The Balaban J connectivity index is 1.95. The van der Waals surface area contributed by atoms with E-state index in [1.165, 1.54) is 17.7 Å². The van der Waals surface area contributed by atoms with Crippen molar-refractivity contribution in [3.63, 3.8) is 0 Å². The van der Waals surface area contributed by atoms with Crippen LogP contribution in [-0.2, 0) is 27.1 Å². The molecule has 2 heterocycles. The van der Waals surface area contributed by atoms with E-state index in [1.54, 1.807) is 13.2 Å². The van der Waals surface area contributed by atoms with E-state index in [1.807, 2.05) is 18.2 Å². The van der Waals surface area contributed by atoms with Crippen LogP contribution in [0, 0.1) is 0 Å². The molecule has 2 aromatic rings. The third kappa shape index (κ3) is 3.21. The second kappa shape index (κ2) is 6.29. The monoisotopic (exact) mass is 274 g/mol. The van der Waals surface area contributed by atoms with E-state index >= 15 is 0 Å². The van der Waals surface area contributed by atoms with Gasteiger partial charge in [0.05, 0.1) is 0 Å². The van der Waals surface area contributed by atoms with Crippen molar-refractivity contribution in [3.8, 4) is 0 Å². The van der Waals surface area contributed by atoms with Crippen molar-refractivity contribution >= 4 is 0 Å². The molecule has 0 bridgehead atoms. The van der Waals surface area contributed by atoms with E-state index in [2.05, 4.69) is 10.3 Å². The fraction of sp³-hybridized carbons (Fsp3) is 0.357. The van der Waals surface area contributed by atoms with Crippen LogP contribution >= 0.6 is 0 Å². The lowest BCUT2D eigenvalue weighted by Crippen LogP contribution is -2.39. The molecule has 0 fully saturated rings. The summed E-state index contributed by atoms with van der Waals surface area (Å²) in [5, 5.41) is 3.22. The summed E-state index contributed by atoms with van der Waals surface area (Å²) in [5.41, 5.74) is 1.10. The van der Waals surface area contributed by atoms with Gasteiger partial charge < -0.3 is 5.32 Å². The largest absolute Gasteiger partial charge is 0.330 e. The zero-order chi connectivity index (χ0) is 14.5. The first kappa shape index (κ1) is 14.2. The molecule has 1 N–H and O–H groups in total. The summed E-state index contributed by atoms with van der Waals surface area (Å²) in [5.74, 6) is 0. The van der Waals surface area contributed by atoms with E-state index in [0.717, 1.165) is 23.2 Å². The van der Waals surface area contributed by atoms with Crippen LogP contribution in [0.1, 0.15) is 11.4 Å². The summed E-state index contributed by atoms with van der Waals surface area (Å²) in [7, 11) is 3.14. The maximum atomic E-state index is 11.8. The Hall–Kier alpha value is -2.21. The third-order valence-electron chi connectivity index (χ3n) is 3.22. The highest BCUT2D eigenvalue weighted by molar-refractivity contribution is 5.04. The van der Waals surface area contributed by atoms with Gasteiger partial charge in [0.1, 0.15) is 0 Å². The summed E-state index contributed by atoms with van der Waals surface area (Å²) < 4.78 is 2.58. The third-order valence-corrected chi connectivity index (χ3v) is 3.22. The van der Waals surface area contributed by atoms with Crippen molar-refractivity contribution in [2.45, 2.75) is 13.0 Å². The highest BCUT2D eigenvalue weighted by Gasteiger charge is 2.05. The van der Waals surface area contributed by atoms with E-state index < -0.39 is 0 Å². The highest BCUT2D eigenvalue weighted by atomic mass is 16.2. The number of aromatic nitrogens is 3. The van der Waals surface area contributed by atoms with Crippen LogP contribution in [0.5, 0.6) is 0 Å². The molecule has 0 aromatic carbocycles. The van der Waals surface area contributed by atoms with Crippen LogP contribution in [0.25, 0.3) is 0 Å². The predicted octanol–water partition coefficient (Wildman–Crippen LogP) is -0.189. The zero-order valence-electron chi connectivity index (χ0n) is 11.7. The highest BCUT2D eigenvalue weighted by Crippen LogP contribution is 1.94. The van der Waals surface area contributed by atoms with Gasteiger partial charge in [-0.3, -0.25) is 18.9 Å². The van der Waals surface area contributed by atoms with Gasteiger partial charge in [0.15, 0.2) is 0 Å². The molecule has 0 amide bonds. The van der Waals surface area contributed by atoms with Gasteiger partial charge in [0.2, 0.25) is 0 Å². The van der Waals surface area contributed by atoms with Gasteiger partial charge in [-0.05, 0) is 12.1 Å². The van der Waals surface area contributed by atoms with Gasteiger partial charge in [-0.25, -0.2) is 4.79 Å². The Kier molecular flexibility index (Phi) is 4.47. The molecule has 6 nitrogen and oxygen atoms in total. The molecule has 2 rings (SSSR count). The molecule has 20 heavy (non-hydrogen) atoms. The topological polar surface area (TPSA) is 68.9 Å². The fourth-order valence-corrected chi connectivity index (χ4v) is 1.93. The second-order valence-electron chi connectivity index (χ2n) is 4.62. The fourth-order valence-electron chi connectivity index (χ4n) is 1.93. The zero-order valence-corrected chi connectivity index (χ0v) is 11.7. The van der Waals surface area contributed by atoms with Crippen LogP contribution in [0.15, 0.2) is 40.1 Å². The first-order chi connectivity index (χ1) is 9.59. The maximum Gasteiger partial charge on any atom is 0.330 e. The quantitative estimate of drug-likeness (QED) is 0.767. The van der Waals surface area contributed by atoms with E-state index in [-0.39, 0.29) is 11.2 Å². The van der Waals surface area contributed by atoms with Crippen molar-refractivity contribution in [1.82, 2.24) is 19.4 Å². The molecular weight excluding hydrogens is 256 g/mol. The standard InChI is InChI=1S/C14H18N4O2/c1-17-12(9-13(19)18(2)14(17)20)10-15-8-6-11-5-3-4-7-16-11/h3-5,7,9,15H,6,8,10H2,1-2H3. The first-order valence-corrected chi connectivity index (χ1v) is 6.46. The molecule has 0 aliphatic carbocycles. The van der Waals surface area contributed by atoms with Gasteiger partial charge in [-0.1, -0.05) is 6.07 Å². The lowest BCUT2D eigenvalue weighted by Gasteiger charge is -2.10. The Bertz CT molecular complexity index is 689. The number of hydrogen-bond donors (Lipinski definition) is 1. The van der Waals surface area contributed by atoms with Crippen LogP contribution in [0.2, 0.25) is 0 Å². The first-order valence-electron chi connectivity index (χ1n) is 6.46. The van der Waals surface area contributed by atoms with Crippen LogP contribution in [0.4, 0.5) is 0 Å². The van der Waals surface area contributed by atoms with Gasteiger partial charge in [-0.15, -0.1) is 0 Å². The van der Waals surface area contributed by atoms with Crippen molar-refractivity contribution in [3.05, 3.63) is 62.7 Å². The molecule has 0 radical (unpaired) electrons. The Morgan fingerprint density at radius 1 is 1.20 bits per heavy atom. The minimum Gasteiger partial charge on any atom is -0.311 e. The lowest BCUT2D eigenvalue weighted by atomic mass is 10.2. The van der Waals surface area contributed by atoms with E-state index in [4.69, 9.17) is 0 Å². The SMILES string of the molecule is Cn1c(CNCCc2ccccn2)cc(=O)n(C)c1=O. The summed E-state index contributed by atoms with van der Waals surface area (Å²) in [4.78, 5) is 27.6. The smallest absolute Gasteiger partial charge is 0.311 e. The molecule has 0 aliphatic rings. The molecule has 0 saturated heterocycles. The maximum absolute atomic E-state index is 11.8. The molecule has 0 spiro atoms. The van der Waals surface area contributed by atoms with Crippen molar-refractivity contribution < 1.29 is 0 Å². The van der Waals surface area contributed by atoms with Crippen LogP contribution in [0.3, 0.4) is 0 Å². The average Bonchev–Trinajstić information content (AvgIpc) is 2.47. The summed E-state index contributed by atoms with van der Waals surface area (Å²) in [6, 6.07) is 7.28. The second-order valence-corrected chi connectivity index (χ2v) is 4.62. The Morgan fingerprint density at radius 3 is 2.70 bits per heavy atom. The molecule has 2 aromatic heterocycles. The Labute approximate surface area is 116 Å². The number of rotatable bonds is 5. The number of pyridine rings is 1. The van der Waals surface area contributed by atoms with Crippen molar-refractivity contribution in [2.24, 2.45) is 14.1 Å². The molecule has 6 heteroatoms. The molecule has 0 atom stereocenters. The lowest BCUT2D eigenvalue weighted by molar-refractivity contribution is 0.599. The molecular formula is C14H18N4O2. The van der Waals surface area contributed by atoms with Crippen LogP contribution in [-0.4, -0.2) is 20.7 Å². The van der Waals surface area contributed by atoms with Crippen LogP contribution < -0.4 is 16.6 Å². The van der Waals surface area contributed by atoms with Gasteiger partial charge >= 0.3 is 5.69 Å². The Morgan fingerprint density at radius 2 is 2.00 bits per heavy atom. The molecule has 0 saturated carbocycles. The van der Waals surface area contributed by atoms with Crippen molar-refractivity contribution in [2.75, 3.05) is 6.54 Å². The summed E-state index contributed by atoms with van der Waals surface area (Å²) in [6.45, 7) is 1.22. The summed E-state index contributed by atoms with van der Waals surface area (Å²) in [6.07, 6.45) is 2.57. The van der Waals surface area contributed by atoms with E-state index in [9.17, 15) is 9.59 Å². The van der Waals surface area contributed by atoms with Gasteiger partial charge in [-0.2, -0.15) is 0 Å². The predicted molar refractivity (Wildman–Crippen MR) is 76.6 cm³/mol. The van der Waals surface area contributed by atoms with Gasteiger partial charge in [0.25, 0.3) is 5.56 Å². The molecule has 0 unspecified atom stereocenters. The van der Waals surface area contributed by atoms with E-state index in [0.29, 0.717) is 12.2 Å². The number of nitrogens with one attached hydrogen (secondary N) is 1. The average molecular weight is 274 g/mol. The molecule has 106 valence electrons. The van der Waals surface area contributed by atoms with Gasteiger partial charge in [0, 0.05) is 57.3 Å². The van der Waals surface area contributed by atoms with Crippen molar-refractivity contribution in [1.29, 1.82) is 0 Å². The normalized spacial score (nSPS) is 10.7. The minimum absolute atomic E-state index is 0.283. The molecule has 0 aliphatic heterocycles. The summed E-state index contributed by atoms with van der Waals surface area (Å²) >= 11 is 0.